The minimum absolute atomic E-state index is 0.508. The summed E-state index contributed by atoms with van der Waals surface area (Å²) in [5.41, 5.74) is 6.32. The fraction of sp³-hybridized carbons (Fsp3) is 0.727. The van der Waals surface area contributed by atoms with E-state index in [1.807, 2.05) is 16.9 Å². The summed E-state index contributed by atoms with van der Waals surface area (Å²) in [6, 6.07) is 2.52. The van der Waals surface area contributed by atoms with Gasteiger partial charge in [-0.2, -0.15) is 5.10 Å². The van der Waals surface area contributed by atoms with Crippen molar-refractivity contribution in [2.75, 3.05) is 13.2 Å². The predicted molar refractivity (Wildman–Crippen MR) is 60.6 cm³/mol. The fourth-order valence-corrected chi connectivity index (χ4v) is 1.58. The van der Waals surface area contributed by atoms with Crippen molar-refractivity contribution >= 4 is 0 Å². The van der Waals surface area contributed by atoms with Gasteiger partial charge in [-0.25, -0.2) is 0 Å². The smallest absolute Gasteiger partial charge is 0.0907 e. The van der Waals surface area contributed by atoms with E-state index in [0.29, 0.717) is 25.8 Å². The molecule has 0 fully saturated rings. The molecule has 0 spiro atoms. The maximum absolute atomic E-state index is 5.34. The average molecular weight is 211 g/mol. The Labute approximate surface area is 91.4 Å². The lowest BCUT2D eigenvalue weighted by molar-refractivity contribution is 0.124. The molecule has 15 heavy (non-hydrogen) atoms. The van der Waals surface area contributed by atoms with Gasteiger partial charge in [0.25, 0.3) is 0 Å². The van der Waals surface area contributed by atoms with Crippen LogP contribution in [0.1, 0.15) is 38.4 Å². The maximum atomic E-state index is 5.34. The molecule has 0 atom stereocenters. The molecule has 0 saturated carbocycles. The normalized spacial score (nSPS) is 11.2. The van der Waals surface area contributed by atoms with Crippen LogP contribution in [0.25, 0.3) is 0 Å². The van der Waals surface area contributed by atoms with E-state index in [0.717, 1.165) is 18.5 Å². The Kier molecular flexibility index (Phi) is 5.36. The SMILES string of the molecule is CCC(CC)n1ccc(COCCN)n1. The molecule has 4 nitrogen and oxygen atoms in total. The standard InChI is InChI=1S/C11H21N3O/c1-3-11(4-2)14-7-5-10(13-14)9-15-8-6-12/h5,7,11H,3-4,6,8-9,12H2,1-2H3. The van der Waals surface area contributed by atoms with Gasteiger partial charge < -0.3 is 10.5 Å². The number of hydrogen-bond donors (Lipinski definition) is 1. The van der Waals surface area contributed by atoms with Crippen LogP contribution in [0.4, 0.5) is 0 Å². The second kappa shape index (κ2) is 6.58. The summed E-state index contributed by atoms with van der Waals surface area (Å²) < 4.78 is 7.36. The molecule has 0 bridgehead atoms. The van der Waals surface area contributed by atoms with E-state index in [1.165, 1.54) is 0 Å². The Morgan fingerprint density at radius 2 is 2.20 bits per heavy atom. The van der Waals surface area contributed by atoms with Crippen LogP contribution >= 0.6 is 0 Å². The summed E-state index contributed by atoms with van der Waals surface area (Å²) in [5.74, 6) is 0. The van der Waals surface area contributed by atoms with Gasteiger partial charge in [0, 0.05) is 12.7 Å². The summed E-state index contributed by atoms with van der Waals surface area (Å²) in [5, 5.41) is 4.47. The Bertz CT molecular complexity index is 269. The van der Waals surface area contributed by atoms with E-state index in [1.54, 1.807) is 0 Å². The van der Waals surface area contributed by atoms with Crippen LogP contribution in [0, 0.1) is 0 Å². The molecule has 0 aliphatic carbocycles. The number of hydrogen-bond acceptors (Lipinski definition) is 3. The molecule has 2 N–H and O–H groups in total. The lowest BCUT2D eigenvalue weighted by atomic mass is 10.2. The summed E-state index contributed by atoms with van der Waals surface area (Å²) in [7, 11) is 0. The molecule has 1 heterocycles. The highest BCUT2D eigenvalue weighted by atomic mass is 16.5. The van der Waals surface area contributed by atoms with Crippen molar-refractivity contribution in [3.63, 3.8) is 0 Å². The number of rotatable bonds is 7. The van der Waals surface area contributed by atoms with E-state index in [2.05, 4.69) is 18.9 Å². The second-order valence-electron chi connectivity index (χ2n) is 3.60. The van der Waals surface area contributed by atoms with E-state index in [9.17, 15) is 0 Å². The van der Waals surface area contributed by atoms with Crippen molar-refractivity contribution in [3.05, 3.63) is 18.0 Å². The van der Waals surface area contributed by atoms with Gasteiger partial charge in [0.15, 0.2) is 0 Å². The molecule has 1 aromatic heterocycles. The first-order valence-corrected chi connectivity index (χ1v) is 5.63. The maximum Gasteiger partial charge on any atom is 0.0907 e. The predicted octanol–water partition coefficient (Wildman–Crippen LogP) is 1.72. The minimum atomic E-state index is 0.508. The third kappa shape index (κ3) is 3.64. The molecule has 1 rings (SSSR count). The number of aromatic nitrogens is 2. The topological polar surface area (TPSA) is 53.1 Å². The highest BCUT2D eigenvalue weighted by molar-refractivity contribution is 4.98. The van der Waals surface area contributed by atoms with Crippen molar-refractivity contribution in [1.29, 1.82) is 0 Å². The van der Waals surface area contributed by atoms with Gasteiger partial charge >= 0.3 is 0 Å². The first-order chi connectivity index (χ1) is 7.31. The molecule has 0 saturated heterocycles. The molecule has 4 heteroatoms. The summed E-state index contributed by atoms with van der Waals surface area (Å²) in [6.07, 6.45) is 4.25. The zero-order valence-corrected chi connectivity index (χ0v) is 9.65. The van der Waals surface area contributed by atoms with E-state index in [4.69, 9.17) is 10.5 Å². The largest absolute Gasteiger partial charge is 0.374 e. The fourth-order valence-electron chi connectivity index (χ4n) is 1.58. The third-order valence-electron chi connectivity index (χ3n) is 2.49. The Hall–Kier alpha value is -0.870. The minimum Gasteiger partial charge on any atom is -0.374 e. The van der Waals surface area contributed by atoms with E-state index < -0.39 is 0 Å². The van der Waals surface area contributed by atoms with E-state index in [-0.39, 0.29) is 0 Å². The summed E-state index contributed by atoms with van der Waals surface area (Å²) >= 11 is 0. The molecule has 1 aromatic rings. The first-order valence-electron chi connectivity index (χ1n) is 5.63. The van der Waals surface area contributed by atoms with Crippen molar-refractivity contribution in [2.24, 2.45) is 5.73 Å². The molecular weight excluding hydrogens is 190 g/mol. The van der Waals surface area contributed by atoms with Crippen LogP contribution in [0.5, 0.6) is 0 Å². The van der Waals surface area contributed by atoms with E-state index >= 15 is 0 Å². The molecule has 0 unspecified atom stereocenters. The Morgan fingerprint density at radius 1 is 1.47 bits per heavy atom. The van der Waals surface area contributed by atoms with Gasteiger partial charge in [-0.05, 0) is 18.9 Å². The highest BCUT2D eigenvalue weighted by Gasteiger charge is 2.07. The van der Waals surface area contributed by atoms with Crippen LogP contribution in [0.3, 0.4) is 0 Å². The van der Waals surface area contributed by atoms with Gasteiger partial charge in [-0.3, -0.25) is 4.68 Å². The van der Waals surface area contributed by atoms with Crippen LogP contribution in [-0.2, 0) is 11.3 Å². The van der Waals surface area contributed by atoms with Crippen molar-refractivity contribution in [1.82, 2.24) is 9.78 Å². The second-order valence-corrected chi connectivity index (χ2v) is 3.60. The number of nitrogens with two attached hydrogens (primary N) is 1. The highest BCUT2D eigenvalue weighted by Crippen LogP contribution is 2.14. The van der Waals surface area contributed by atoms with Crippen molar-refractivity contribution in [3.8, 4) is 0 Å². The molecule has 0 aliphatic rings. The summed E-state index contributed by atoms with van der Waals surface area (Å²) in [4.78, 5) is 0. The number of ether oxygens (including phenoxy) is 1. The quantitative estimate of drug-likeness (QED) is 0.699. The molecule has 0 aliphatic heterocycles. The van der Waals surface area contributed by atoms with Crippen LogP contribution in [0.15, 0.2) is 12.3 Å². The Balaban J connectivity index is 2.47. The molecular formula is C11H21N3O. The first kappa shape index (κ1) is 12.2. The zero-order valence-electron chi connectivity index (χ0n) is 9.65. The number of nitrogens with zero attached hydrogens (tertiary/aromatic N) is 2. The van der Waals surface area contributed by atoms with Crippen LogP contribution in [0.2, 0.25) is 0 Å². The third-order valence-corrected chi connectivity index (χ3v) is 2.49. The van der Waals surface area contributed by atoms with Crippen molar-refractivity contribution < 1.29 is 4.74 Å². The van der Waals surface area contributed by atoms with Gasteiger partial charge in [-0.15, -0.1) is 0 Å². The zero-order chi connectivity index (χ0) is 11.1. The van der Waals surface area contributed by atoms with Crippen LogP contribution < -0.4 is 5.73 Å². The van der Waals surface area contributed by atoms with Gasteiger partial charge in [0.05, 0.1) is 24.9 Å². The molecule has 0 amide bonds. The molecule has 0 aromatic carbocycles. The van der Waals surface area contributed by atoms with Crippen LogP contribution in [-0.4, -0.2) is 22.9 Å². The van der Waals surface area contributed by atoms with Gasteiger partial charge in [-0.1, -0.05) is 13.8 Å². The van der Waals surface area contributed by atoms with Gasteiger partial charge in [0.1, 0.15) is 0 Å². The Morgan fingerprint density at radius 3 is 2.80 bits per heavy atom. The monoisotopic (exact) mass is 211 g/mol. The molecule has 86 valence electrons. The lowest BCUT2D eigenvalue weighted by Gasteiger charge is -2.12. The average Bonchev–Trinajstić information content (AvgIpc) is 2.69. The van der Waals surface area contributed by atoms with Gasteiger partial charge in [0.2, 0.25) is 0 Å². The molecule has 0 radical (unpaired) electrons. The lowest BCUT2D eigenvalue weighted by Crippen LogP contribution is -2.10. The summed E-state index contributed by atoms with van der Waals surface area (Å²) in [6.45, 7) is 6.08. The van der Waals surface area contributed by atoms with Crippen molar-refractivity contribution in [2.45, 2.75) is 39.3 Å².